The summed E-state index contributed by atoms with van der Waals surface area (Å²) in [5.41, 5.74) is 3.07. The van der Waals surface area contributed by atoms with Crippen molar-refractivity contribution < 1.29 is 0 Å². The molecule has 1 atom stereocenters. The molecule has 2 rings (SSSR count). The number of fused-ring (bicyclic) bond motifs is 1. The summed E-state index contributed by atoms with van der Waals surface area (Å²) in [6.07, 6.45) is 6.50. The molecule has 0 saturated heterocycles. The van der Waals surface area contributed by atoms with Gasteiger partial charge in [-0.25, -0.2) is 15.0 Å². The molecule has 0 radical (unpaired) electrons. The highest BCUT2D eigenvalue weighted by Crippen LogP contribution is 2.17. The van der Waals surface area contributed by atoms with E-state index >= 15 is 0 Å². The molecule has 0 amide bonds. The summed E-state index contributed by atoms with van der Waals surface area (Å²) < 4.78 is 0. The number of rotatable bonds is 3. The zero-order chi connectivity index (χ0) is 12.0. The molecule has 0 aliphatic carbocycles. The monoisotopic (exact) mass is 223 g/mol. The number of aliphatic imine (C=N–C) groups is 2. The minimum absolute atomic E-state index is 0.116. The van der Waals surface area contributed by atoms with Crippen LogP contribution in [0.3, 0.4) is 0 Å². The van der Waals surface area contributed by atoms with E-state index in [0.717, 1.165) is 18.8 Å². The zero-order valence-corrected chi connectivity index (χ0v) is 10.5. The number of hydrogen-bond donors (Lipinski definition) is 1. The Hall–Kier alpha value is -1.52. The van der Waals surface area contributed by atoms with Crippen LogP contribution in [0.25, 0.3) is 0 Å². The van der Waals surface area contributed by atoms with Crippen LogP contribution < -0.4 is 5.43 Å². The van der Waals surface area contributed by atoms with Crippen LogP contribution in [0, 0.1) is 0 Å². The SMILES string of the molecule is CC.CCCN(C)C1=CC=NC2N=CNN12. The fourth-order valence-electron chi connectivity index (χ4n) is 1.61. The Morgan fingerprint density at radius 1 is 1.44 bits per heavy atom. The summed E-state index contributed by atoms with van der Waals surface area (Å²) in [6.45, 7) is 7.20. The molecule has 2 aliphatic heterocycles. The normalized spacial score (nSPS) is 20.6. The van der Waals surface area contributed by atoms with E-state index in [9.17, 15) is 0 Å². The van der Waals surface area contributed by atoms with Crippen molar-refractivity contribution in [2.24, 2.45) is 9.98 Å². The first-order valence-corrected chi connectivity index (χ1v) is 5.84. The zero-order valence-electron chi connectivity index (χ0n) is 10.5. The largest absolute Gasteiger partial charge is 0.360 e. The number of hydrogen-bond acceptors (Lipinski definition) is 5. The predicted octanol–water partition coefficient (Wildman–Crippen LogP) is 1.41. The number of hydrazine groups is 1. The van der Waals surface area contributed by atoms with Crippen LogP contribution >= 0.6 is 0 Å². The van der Waals surface area contributed by atoms with Gasteiger partial charge in [-0.05, 0) is 12.5 Å². The second kappa shape index (κ2) is 6.15. The Kier molecular flexibility index (Phi) is 4.82. The van der Waals surface area contributed by atoms with Crippen molar-refractivity contribution in [3.8, 4) is 0 Å². The number of allylic oxidation sites excluding steroid dienone is 1. The van der Waals surface area contributed by atoms with Gasteiger partial charge in [-0.2, -0.15) is 0 Å². The average molecular weight is 223 g/mol. The highest BCUT2D eigenvalue weighted by molar-refractivity contribution is 5.74. The van der Waals surface area contributed by atoms with Crippen LogP contribution in [0.1, 0.15) is 27.2 Å². The third-order valence-electron chi connectivity index (χ3n) is 2.28. The van der Waals surface area contributed by atoms with Gasteiger partial charge < -0.3 is 4.90 Å². The van der Waals surface area contributed by atoms with Crippen LogP contribution in [-0.2, 0) is 0 Å². The first-order chi connectivity index (χ1) is 7.83. The molecule has 0 saturated carbocycles. The van der Waals surface area contributed by atoms with E-state index in [1.165, 1.54) is 0 Å². The van der Waals surface area contributed by atoms with Crippen molar-refractivity contribution in [1.29, 1.82) is 0 Å². The van der Waals surface area contributed by atoms with Crippen molar-refractivity contribution in [3.05, 3.63) is 11.9 Å². The van der Waals surface area contributed by atoms with Crippen LogP contribution in [-0.4, -0.2) is 42.3 Å². The molecule has 0 bridgehead atoms. The molecule has 0 fully saturated rings. The van der Waals surface area contributed by atoms with Crippen molar-refractivity contribution in [2.75, 3.05) is 13.6 Å². The standard InChI is InChI=1S/C9H15N5.C2H6/c1-3-6-13(2)8-4-5-10-9-11-7-12-14(8)9;1-2/h4-5,7,9H,3,6H2,1-2H3,(H,11,12);1-2H3. The van der Waals surface area contributed by atoms with E-state index in [0.29, 0.717) is 0 Å². The van der Waals surface area contributed by atoms with Gasteiger partial charge in [0.15, 0.2) is 0 Å². The molecule has 0 aromatic carbocycles. The highest BCUT2D eigenvalue weighted by atomic mass is 15.7. The third kappa shape index (κ3) is 2.53. The van der Waals surface area contributed by atoms with Crippen molar-refractivity contribution in [3.63, 3.8) is 0 Å². The van der Waals surface area contributed by atoms with Gasteiger partial charge in [-0.3, -0.25) is 5.43 Å². The molecule has 90 valence electrons. The molecular weight excluding hydrogens is 202 g/mol. The molecule has 2 heterocycles. The van der Waals surface area contributed by atoms with Gasteiger partial charge in [-0.1, -0.05) is 20.8 Å². The summed E-state index contributed by atoms with van der Waals surface area (Å²) in [5.74, 6) is 1.12. The topological polar surface area (TPSA) is 43.2 Å². The average Bonchev–Trinajstić information content (AvgIpc) is 2.79. The number of nitrogens with one attached hydrogen (secondary N) is 1. The lowest BCUT2D eigenvalue weighted by Gasteiger charge is -2.33. The van der Waals surface area contributed by atoms with Gasteiger partial charge >= 0.3 is 0 Å². The third-order valence-corrected chi connectivity index (χ3v) is 2.28. The maximum absolute atomic E-state index is 4.22. The smallest absolute Gasteiger partial charge is 0.236 e. The summed E-state index contributed by atoms with van der Waals surface area (Å²) in [7, 11) is 2.07. The fourth-order valence-corrected chi connectivity index (χ4v) is 1.61. The van der Waals surface area contributed by atoms with E-state index in [1.54, 1.807) is 6.34 Å². The van der Waals surface area contributed by atoms with E-state index in [-0.39, 0.29) is 6.29 Å². The van der Waals surface area contributed by atoms with E-state index in [2.05, 4.69) is 34.3 Å². The molecule has 5 nitrogen and oxygen atoms in total. The van der Waals surface area contributed by atoms with Gasteiger partial charge in [0.25, 0.3) is 0 Å². The molecule has 5 heteroatoms. The summed E-state index contributed by atoms with van der Waals surface area (Å²) >= 11 is 0. The van der Waals surface area contributed by atoms with E-state index in [1.807, 2.05) is 31.1 Å². The molecular formula is C11H21N5. The quantitative estimate of drug-likeness (QED) is 0.786. The molecule has 0 aromatic heterocycles. The maximum Gasteiger partial charge on any atom is 0.236 e. The lowest BCUT2D eigenvalue weighted by molar-refractivity contribution is 0.176. The summed E-state index contributed by atoms with van der Waals surface area (Å²) in [4.78, 5) is 10.6. The minimum Gasteiger partial charge on any atom is -0.360 e. The molecule has 1 unspecified atom stereocenters. The Balaban J connectivity index is 0.000000606. The van der Waals surface area contributed by atoms with Gasteiger partial charge in [0.1, 0.15) is 12.2 Å². The first-order valence-electron chi connectivity index (χ1n) is 5.84. The summed E-state index contributed by atoms with van der Waals surface area (Å²) in [6, 6.07) is 0. The Labute approximate surface area is 97.5 Å². The van der Waals surface area contributed by atoms with Gasteiger partial charge in [0.05, 0.1) is 0 Å². The molecule has 0 spiro atoms. The Morgan fingerprint density at radius 3 is 2.88 bits per heavy atom. The van der Waals surface area contributed by atoms with Crippen LogP contribution in [0.15, 0.2) is 21.9 Å². The molecule has 0 aromatic rings. The first kappa shape index (κ1) is 12.5. The van der Waals surface area contributed by atoms with Gasteiger partial charge in [0.2, 0.25) is 6.29 Å². The van der Waals surface area contributed by atoms with Crippen molar-refractivity contribution >= 4 is 12.6 Å². The highest BCUT2D eigenvalue weighted by Gasteiger charge is 2.26. The lowest BCUT2D eigenvalue weighted by Crippen LogP contribution is -2.44. The minimum atomic E-state index is -0.116. The summed E-state index contributed by atoms with van der Waals surface area (Å²) in [5, 5.41) is 1.95. The van der Waals surface area contributed by atoms with Crippen molar-refractivity contribution in [1.82, 2.24) is 15.3 Å². The molecule has 1 N–H and O–H groups in total. The van der Waals surface area contributed by atoms with Crippen LogP contribution in [0.4, 0.5) is 0 Å². The number of nitrogens with zero attached hydrogens (tertiary/aromatic N) is 4. The van der Waals surface area contributed by atoms with Crippen molar-refractivity contribution in [2.45, 2.75) is 33.5 Å². The van der Waals surface area contributed by atoms with Crippen LogP contribution in [0.2, 0.25) is 0 Å². The molecule has 16 heavy (non-hydrogen) atoms. The van der Waals surface area contributed by atoms with Gasteiger partial charge in [-0.15, -0.1) is 0 Å². The van der Waals surface area contributed by atoms with E-state index < -0.39 is 0 Å². The lowest BCUT2D eigenvalue weighted by atomic mass is 10.4. The Bertz CT molecular complexity index is 295. The molecule has 2 aliphatic rings. The second-order valence-electron chi connectivity index (χ2n) is 3.37. The Morgan fingerprint density at radius 2 is 2.19 bits per heavy atom. The fraction of sp³-hybridized carbons (Fsp3) is 0.636. The van der Waals surface area contributed by atoms with Crippen LogP contribution in [0.5, 0.6) is 0 Å². The maximum atomic E-state index is 4.22. The second-order valence-corrected chi connectivity index (χ2v) is 3.37. The van der Waals surface area contributed by atoms with Gasteiger partial charge in [0, 0.05) is 19.8 Å². The van der Waals surface area contributed by atoms with E-state index in [4.69, 9.17) is 0 Å². The predicted molar refractivity (Wildman–Crippen MR) is 68.1 cm³/mol.